The Morgan fingerprint density at radius 2 is 2.16 bits per heavy atom. The molecule has 0 bridgehead atoms. The number of aromatic nitrogens is 1. The lowest BCUT2D eigenvalue weighted by Crippen LogP contribution is -2.32. The smallest absolute Gasteiger partial charge is 0.223 e. The van der Waals surface area contributed by atoms with Gasteiger partial charge in [-0.3, -0.25) is 4.79 Å². The third-order valence-electron chi connectivity index (χ3n) is 4.30. The van der Waals surface area contributed by atoms with Crippen LogP contribution >= 0.6 is 0 Å². The summed E-state index contributed by atoms with van der Waals surface area (Å²) in [5.74, 6) is 1.35. The molecule has 3 nitrogen and oxygen atoms in total. The van der Waals surface area contributed by atoms with Gasteiger partial charge in [0.15, 0.2) is 0 Å². The van der Waals surface area contributed by atoms with Gasteiger partial charge in [0.1, 0.15) is 0 Å². The van der Waals surface area contributed by atoms with Crippen LogP contribution in [-0.4, -0.2) is 10.9 Å². The number of H-pyrrole nitrogens is 1. The number of hydrogen-bond donors (Lipinski definition) is 2. The summed E-state index contributed by atoms with van der Waals surface area (Å²) in [5.41, 5.74) is 1.07. The Morgan fingerprint density at radius 1 is 1.37 bits per heavy atom. The minimum atomic E-state index is 0.239. The van der Waals surface area contributed by atoms with E-state index in [0.29, 0.717) is 6.54 Å². The van der Waals surface area contributed by atoms with Gasteiger partial charge in [-0.2, -0.15) is 0 Å². The first kappa shape index (κ1) is 14.2. The number of carbonyl (C=O) groups is 1. The lowest BCUT2D eigenvalue weighted by molar-refractivity contribution is -0.126. The van der Waals surface area contributed by atoms with Crippen molar-refractivity contribution in [2.75, 3.05) is 0 Å². The average molecular weight is 262 g/mol. The first-order chi connectivity index (χ1) is 9.29. The van der Waals surface area contributed by atoms with Gasteiger partial charge in [-0.1, -0.05) is 26.2 Å². The van der Waals surface area contributed by atoms with E-state index in [1.54, 1.807) is 0 Å². The molecule has 0 aromatic carbocycles. The molecule has 1 fully saturated rings. The number of rotatable bonds is 6. The number of amides is 1. The minimum absolute atomic E-state index is 0.239. The van der Waals surface area contributed by atoms with Crippen LogP contribution in [0.15, 0.2) is 18.3 Å². The zero-order valence-electron chi connectivity index (χ0n) is 12.0. The van der Waals surface area contributed by atoms with E-state index in [9.17, 15) is 4.79 Å². The molecule has 0 unspecified atom stereocenters. The maximum atomic E-state index is 12.1. The van der Waals surface area contributed by atoms with Crippen LogP contribution in [0.4, 0.5) is 0 Å². The maximum Gasteiger partial charge on any atom is 0.223 e. The zero-order chi connectivity index (χ0) is 13.5. The van der Waals surface area contributed by atoms with Crippen molar-refractivity contribution in [2.45, 2.75) is 58.4 Å². The van der Waals surface area contributed by atoms with Gasteiger partial charge in [0.05, 0.1) is 6.54 Å². The third kappa shape index (κ3) is 4.41. The quantitative estimate of drug-likeness (QED) is 0.808. The molecule has 0 atom stereocenters. The summed E-state index contributed by atoms with van der Waals surface area (Å²) in [4.78, 5) is 15.2. The fourth-order valence-corrected chi connectivity index (χ4v) is 3.01. The van der Waals surface area contributed by atoms with Crippen molar-refractivity contribution in [3.63, 3.8) is 0 Å². The van der Waals surface area contributed by atoms with Gasteiger partial charge in [0.25, 0.3) is 0 Å². The van der Waals surface area contributed by atoms with Crippen LogP contribution in [0.1, 0.15) is 57.6 Å². The van der Waals surface area contributed by atoms with E-state index in [1.165, 1.54) is 32.1 Å². The van der Waals surface area contributed by atoms with Crippen molar-refractivity contribution in [3.8, 4) is 0 Å². The van der Waals surface area contributed by atoms with Crippen LogP contribution in [0.25, 0.3) is 0 Å². The molecule has 0 saturated heterocycles. The van der Waals surface area contributed by atoms with Crippen LogP contribution in [0.2, 0.25) is 0 Å². The van der Waals surface area contributed by atoms with Crippen LogP contribution in [0.3, 0.4) is 0 Å². The highest BCUT2D eigenvalue weighted by Gasteiger charge is 2.25. The molecule has 1 saturated carbocycles. The molecule has 1 heterocycles. The van der Waals surface area contributed by atoms with Crippen LogP contribution in [0.5, 0.6) is 0 Å². The average Bonchev–Trinajstić information content (AvgIpc) is 2.96. The number of hydrogen-bond acceptors (Lipinski definition) is 1. The molecular weight excluding hydrogens is 236 g/mol. The molecule has 1 aliphatic carbocycles. The molecule has 1 amide bonds. The fraction of sp³-hybridized carbons (Fsp3) is 0.688. The predicted octanol–water partition coefficient (Wildman–Crippen LogP) is 3.63. The van der Waals surface area contributed by atoms with Crippen molar-refractivity contribution in [2.24, 2.45) is 11.8 Å². The number of nitrogens with one attached hydrogen (secondary N) is 2. The van der Waals surface area contributed by atoms with Crippen molar-refractivity contribution in [1.82, 2.24) is 10.3 Å². The summed E-state index contributed by atoms with van der Waals surface area (Å²) >= 11 is 0. The summed E-state index contributed by atoms with van der Waals surface area (Å²) < 4.78 is 0. The molecule has 1 aromatic rings. The highest BCUT2D eigenvalue weighted by Crippen LogP contribution is 2.31. The first-order valence-electron chi connectivity index (χ1n) is 7.69. The van der Waals surface area contributed by atoms with Gasteiger partial charge in [-0.25, -0.2) is 0 Å². The second-order valence-corrected chi connectivity index (χ2v) is 5.77. The Morgan fingerprint density at radius 3 is 2.79 bits per heavy atom. The van der Waals surface area contributed by atoms with Crippen molar-refractivity contribution in [3.05, 3.63) is 24.0 Å². The van der Waals surface area contributed by atoms with Crippen LogP contribution in [0, 0.1) is 11.8 Å². The molecule has 2 N–H and O–H groups in total. The van der Waals surface area contributed by atoms with Crippen molar-refractivity contribution in [1.29, 1.82) is 0 Å². The Bertz CT molecular complexity index is 364. The molecule has 0 radical (unpaired) electrons. The summed E-state index contributed by atoms with van der Waals surface area (Å²) in [6.45, 7) is 2.88. The normalized spacial score (nSPS) is 23.2. The second kappa shape index (κ2) is 7.37. The SMILES string of the molecule is CCCCC1CCC(C(=O)NCc2ccc[nH]2)CC1. The van der Waals surface area contributed by atoms with E-state index in [2.05, 4.69) is 17.2 Å². The zero-order valence-corrected chi connectivity index (χ0v) is 12.0. The van der Waals surface area contributed by atoms with E-state index in [1.807, 2.05) is 18.3 Å². The van der Waals surface area contributed by atoms with Gasteiger partial charge in [0, 0.05) is 17.8 Å². The molecule has 3 heteroatoms. The van der Waals surface area contributed by atoms with E-state index in [4.69, 9.17) is 0 Å². The van der Waals surface area contributed by atoms with Gasteiger partial charge in [-0.15, -0.1) is 0 Å². The number of unbranched alkanes of at least 4 members (excludes halogenated alkanes) is 1. The third-order valence-corrected chi connectivity index (χ3v) is 4.30. The molecule has 1 aliphatic rings. The van der Waals surface area contributed by atoms with E-state index < -0.39 is 0 Å². The first-order valence-corrected chi connectivity index (χ1v) is 7.69. The molecular formula is C16H26N2O. The van der Waals surface area contributed by atoms with Gasteiger partial charge in [0.2, 0.25) is 5.91 Å². The Balaban J connectivity index is 1.67. The Kier molecular flexibility index (Phi) is 5.49. The predicted molar refractivity (Wildman–Crippen MR) is 77.6 cm³/mol. The summed E-state index contributed by atoms with van der Waals surface area (Å²) in [6, 6.07) is 3.96. The molecule has 2 rings (SSSR count). The monoisotopic (exact) mass is 262 g/mol. The van der Waals surface area contributed by atoms with Crippen molar-refractivity contribution >= 4 is 5.91 Å². The summed E-state index contributed by atoms with van der Waals surface area (Å²) in [7, 11) is 0. The molecule has 0 aliphatic heterocycles. The van der Waals surface area contributed by atoms with Gasteiger partial charge < -0.3 is 10.3 Å². The maximum absolute atomic E-state index is 12.1. The molecule has 0 spiro atoms. The standard InChI is InChI=1S/C16H26N2O/c1-2-3-5-13-7-9-14(10-8-13)16(19)18-12-15-6-4-11-17-15/h4,6,11,13-14,17H,2-3,5,7-10,12H2,1H3,(H,18,19). The van der Waals surface area contributed by atoms with Crippen molar-refractivity contribution < 1.29 is 4.79 Å². The van der Waals surface area contributed by atoms with E-state index in [-0.39, 0.29) is 11.8 Å². The minimum Gasteiger partial charge on any atom is -0.364 e. The van der Waals surface area contributed by atoms with E-state index in [0.717, 1.165) is 24.5 Å². The molecule has 19 heavy (non-hydrogen) atoms. The topological polar surface area (TPSA) is 44.9 Å². The molecule has 106 valence electrons. The second-order valence-electron chi connectivity index (χ2n) is 5.77. The largest absolute Gasteiger partial charge is 0.364 e. The summed E-state index contributed by atoms with van der Waals surface area (Å²) in [5, 5.41) is 3.04. The lowest BCUT2D eigenvalue weighted by atomic mass is 9.79. The number of carbonyl (C=O) groups excluding carboxylic acids is 1. The Hall–Kier alpha value is -1.25. The van der Waals surface area contributed by atoms with Crippen LogP contribution < -0.4 is 5.32 Å². The molecule has 1 aromatic heterocycles. The number of aromatic amines is 1. The summed E-state index contributed by atoms with van der Waals surface area (Å²) in [6.07, 6.45) is 10.5. The highest BCUT2D eigenvalue weighted by atomic mass is 16.1. The fourth-order valence-electron chi connectivity index (χ4n) is 3.01. The lowest BCUT2D eigenvalue weighted by Gasteiger charge is -2.27. The van der Waals surface area contributed by atoms with Gasteiger partial charge in [-0.05, 0) is 43.7 Å². The highest BCUT2D eigenvalue weighted by molar-refractivity contribution is 5.78. The Labute approximate surface area is 116 Å². The van der Waals surface area contributed by atoms with Gasteiger partial charge >= 0.3 is 0 Å². The van der Waals surface area contributed by atoms with Crippen LogP contribution in [-0.2, 0) is 11.3 Å². The van der Waals surface area contributed by atoms with E-state index >= 15 is 0 Å².